The molecule has 3 atom stereocenters. The number of nitrogens with one attached hydrogen (secondary N) is 5. The molecule has 0 radical (unpaired) electrons. The quantitative estimate of drug-likeness (QED) is 0.0343. The van der Waals surface area contributed by atoms with E-state index in [2.05, 4.69) is 85.5 Å². The Kier molecular flexibility index (Phi) is 38.2. The third-order valence-electron chi connectivity index (χ3n) is 21.0. The normalized spacial score (nSPS) is 14.5. The average Bonchev–Trinajstić information content (AvgIpc) is 0.800. The molecule has 3 aromatic heterocycles. The van der Waals surface area contributed by atoms with E-state index in [-0.39, 0.29) is 53.7 Å². The molecular weight excluding hydrogens is 1910 g/mol. The number of benzene rings is 9. The van der Waals surface area contributed by atoms with Gasteiger partial charge in [0.1, 0.15) is 62.5 Å². The van der Waals surface area contributed by atoms with Gasteiger partial charge in [-0.15, -0.1) is 0 Å². The van der Waals surface area contributed by atoms with Crippen LogP contribution in [0.1, 0.15) is 138 Å². The first kappa shape index (κ1) is 103. The number of ether oxygens (including phenoxy) is 5. The highest BCUT2D eigenvalue weighted by atomic mass is 35.5. The van der Waals surface area contributed by atoms with Crippen LogP contribution in [0.2, 0.25) is 5.15 Å². The number of Topliss-reactive ketones (excluding diaryl/α,β-unsaturated/α-hetero) is 1. The van der Waals surface area contributed by atoms with E-state index in [0.717, 1.165) is 87.7 Å². The number of piperazine rings is 3. The molecule has 9 aromatic carbocycles. The van der Waals surface area contributed by atoms with Crippen molar-refractivity contribution in [3.63, 3.8) is 0 Å². The fourth-order valence-electron chi connectivity index (χ4n) is 14.7. The third kappa shape index (κ3) is 30.7. The van der Waals surface area contributed by atoms with Crippen molar-refractivity contribution in [1.29, 1.82) is 0 Å². The number of nitrogens with zero attached hydrogens (tertiary/aromatic N) is 8. The molecule has 3 aliphatic rings. The van der Waals surface area contributed by atoms with Crippen molar-refractivity contribution in [3.8, 4) is 34.5 Å². The summed E-state index contributed by atoms with van der Waals surface area (Å²) in [5.41, 5.74) is 10.8. The molecule has 0 bridgehead atoms. The van der Waals surface area contributed by atoms with Gasteiger partial charge in [0.15, 0.2) is 5.78 Å². The highest BCUT2D eigenvalue weighted by molar-refractivity contribution is 8.72. The Morgan fingerprint density at radius 2 is 0.800 bits per heavy atom. The number of nitrogens with two attached hydrogens (primary N) is 1. The smallest absolute Gasteiger partial charge is 0.410 e. The molecule has 7 amide bonds. The molecule has 0 saturated carbocycles. The Hall–Kier alpha value is -12.2. The van der Waals surface area contributed by atoms with Gasteiger partial charge in [0, 0.05) is 269 Å². The molecular formula is C98H105ClN14O13S9. The zero-order valence-electron chi connectivity index (χ0n) is 76.3. The Balaban J connectivity index is 0.000000174. The number of fused-ring (bicyclic) bond motifs is 3. The molecule has 0 aliphatic carbocycles. The standard InChI is InChI=1S/C34H37N5O5.C29H29N5O3.C18H14ClNO2.C17H25N3O3.S9/c1-22-21-38(17-18-39(22)33(42)44-34(2,3)4)25-11-9-23(10-12-25)31(40)37-30-20-27(15-16-36-30)43-26-13-14-28-24(19-26)7-6-8-29(28)32(41)35-5;1-19-18-34(15-14-31-19)22-8-6-20(7-9-22)28(35)33-27-17-24(12-13-32-27)37-23-10-11-25-21(16-23)4-3-5-26(25)29(36)30-2;1-2-17(21)16-5-3-4-12-10-13(6-7-15(12)16)22-14-8-9-20-18(19)11-14;1-12-11-19(14-7-5-13(6-8-14)15(18)21)9-10-20(12)16(22)23-17(2,3)4;1-3-5-7-9-8-6-4-2/h6-16,19-20,22H,17-18,21H2,1-5H3,(H,35,41)(H,36,37,40);3-13,16-17,19,31H,14-15,18H2,1-2H3,(H,30,36)(H,32,33,35);3-11H,2H2,1H3;5-8,12H,9-11H2,1-4H3,(H2,18,21);. The molecule has 37 heteroatoms. The summed E-state index contributed by atoms with van der Waals surface area (Å²) in [6.07, 6.45) is 4.67. The first-order valence-corrected chi connectivity index (χ1v) is 54.1. The molecule has 12 aromatic rings. The van der Waals surface area contributed by atoms with Gasteiger partial charge >= 0.3 is 12.2 Å². The summed E-state index contributed by atoms with van der Waals surface area (Å²) in [5.74, 6) is 3.20. The Bertz CT molecular complexity index is 6610. The maximum Gasteiger partial charge on any atom is 0.410 e. The molecule has 6 heterocycles. The highest BCUT2D eigenvalue weighted by Crippen LogP contribution is 2.34. The van der Waals surface area contributed by atoms with Gasteiger partial charge in [-0.2, -0.15) is 0 Å². The van der Waals surface area contributed by atoms with E-state index in [1.807, 2.05) is 202 Å². The first-order chi connectivity index (χ1) is 64.8. The number of rotatable bonds is 18. The first-order valence-electron chi connectivity index (χ1n) is 43.0. The second kappa shape index (κ2) is 49.9. The van der Waals surface area contributed by atoms with Crippen LogP contribution in [0, 0.1) is 0 Å². The van der Waals surface area contributed by atoms with Crippen LogP contribution in [0.3, 0.4) is 0 Å². The average molecular weight is 2010 g/mol. The van der Waals surface area contributed by atoms with Crippen molar-refractivity contribution in [1.82, 2.24) is 40.7 Å². The molecule has 135 heavy (non-hydrogen) atoms. The summed E-state index contributed by atoms with van der Waals surface area (Å²) in [4.78, 5) is 121. The summed E-state index contributed by atoms with van der Waals surface area (Å²) in [5, 5.41) is 20.2. The van der Waals surface area contributed by atoms with Gasteiger partial charge in [0.05, 0.1) is 0 Å². The lowest BCUT2D eigenvalue weighted by Crippen LogP contribution is -2.55. The zero-order chi connectivity index (χ0) is 96.9. The SMILES string of the molecule is CC1CN(c2ccc(C(N)=O)cc2)CCN1C(=O)OC(C)(C)C.CCC(=O)c1cccc2cc(Oc3ccnc(Cl)c3)ccc12.CNC(=O)c1cccc2cc(Oc3ccnc(NC(=O)c4ccc(N5CCN(C(=O)OC(C)(C)C)C(C)C5)cc4)c3)ccc12.CNC(=O)c1cccc2cc(Oc3ccnc(NC(=O)c4ccc(N5CCNC(C)C5)cc4)c3)ccc12.S=S=S=S=S=S=S=S=S. The van der Waals surface area contributed by atoms with Gasteiger partial charge < -0.3 is 80.5 Å². The number of pyridine rings is 3. The van der Waals surface area contributed by atoms with Crippen molar-refractivity contribution < 1.29 is 62.0 Å². The van der Waals surface area contributed by atoms with Gasteiger partial charge in [0.2, 0.25) is 5.91 Å². The van der Waals surface area contributed by atoms with E-state index in [9.17, 15) is 38.4 Å². The van der Waals surface area contributed by atoms with E-state index in [1.54, 1.807) is 166 Å². The molecule has 3 saturated heterocycles. The lowest BCUT2D eigenvalue weighted by atomic mass is 10.00. The summed E-state index contributed by atoms with van der Waals surface area (Å²) in [6, 6.07) is 66.4. The van der Waals surface area contributed by atoms with Crippen LogP contribution in [0.15, 0.2) is 237 Å². The third-order valence-corrected chi connectivity index (χ3v) is 34.6. The molecule has 3 aliphatic heterocycles. The van der Waals surface area contributed by atoms with E-state index < -0.39 is 17.1 Å². The van der Waals surface area contributed by atoms with Gasteiger partial charge in [-0.1, -0.05) is 61.0 Å². The van der Waals surface area contributed by atoms with Gasteiger partial charge in [0.25, 0.3) is 23.6 Å². The molecule has 3 fully saturated rings. The topological polar surface area (TPSA) is 324 Å². The van der Waals surface area contributed by atoms with Gasteiger partial charge in [-0.05, 0) is 252 Å². The Morgan fingerprint density at radius 3 is 1.16 bits per heavy atom. The maximum atomic E-state index is 13.0. The van der Waals surface area contributed by atoms with E-state index in [4.69, 9.17) is 41.0 Å². The van der Waals surface area contributed by atoms with Crippen molar-refractivity contribution in [2.75, 3.05) is 98.3 Å². The highest BCUT2D eigenvalue weighted by Gasteiger charge is 2.33. The summed E-state index contributed by atoms with van der Waals surface area (Å²) < 4.78 is 28.9. The summed E-state index contributed by atoms with van der Waals surface area (Å²) in [7, 11) is 14.1. The van der Waals surface area contributed by atoms with Gasteiger partial charge in [-0.3, -0.25) is 28.8 Å². The minimum Gasteiger partial charge on any atom is -0.457 e. The van der Waals surface area contributed by atoms with E-state index >= 15 is 0 Å². The largest absolute Gasteiger partial charge is 0.457 e. The molecule has 3 unspecified atom stereocenters. The monoisotopic (exact) mass is 2010 g/mol. The Morgan fingerprint density at radius 1 is 0.437 bits per heavy atom. The minimum absolute atomic E-state index is 0.0169. The number of ketones is 1. The van der Waals surface area contributed by atoms with Crippen LogP contribution in [0.4, 0.5) is 38.3 Å². The number of primary amides is 1. The molecule has 706 valence electrons. The second-order valence-corrected chi connectivity index (χ2v) is 45.8. The number of anilines is 5. The molecule has 7 N–H and O–H groups in total. The van der Waals surface area contributed by atoms with Gasteiger partial charge in [-0.25, -0.2) is 24.5 Å². The number of hydrogen-bond donors (Lipinski definition) is 6. The van der Waals surface area contributed by atoms with Crippen LogP contribution >= 0.6 is 11.6 Å². The fraction of sp³-hybridized carbons (Fsp3) is 0.276. The summed E-state index contributed by atoms with van der Waals surface area (Å²) >= 11 is 15.1. The second-order valence-electron chi connectivity index (χ2n) is 33.0. The van der Waals surface area contributed by atoms with Crippen LogP contribution < -0.4 is 61.2 Å². The van der Waals surface area contributed by atoms with E-state index in [1.165, 1.54) is 17.8 Å². The molecule has 15 rings (SSSR count). The number of carbonyl (C=O) groups excluding carboxylic acids is 8. The van der Waals surface area contributed by atoms with Crippen molar-refractivity contribution >= 4 is 205 Å². The number of carbonyl (C=O) groups is 8. The zero-order valence-corrected chi connectivity index (χ0v) is 84.4. The lowest BCUT2D eigenvalue weighted by molar-refractivity contribution is 0.0148. The number of halogens is 1. The van der Waals surface area contributed by atoms with Crippen LogP contribution in [0.5, 0.6) is 34.5 Å². The Labute approximate surface area is 819 Å². The maximum absolute atomic E-state index is 13.0. The predicted molar refractivity (Wildman–Crippen MR) is 560 cm³/mol. The molecule has 27 nitrogen and oxygen atoms in total. The summed E-state index contributed by atoms with van der Waals surface area (Å²) in [6.45, 7) is 26.0. The molecule has 0 spiro atoms. The fourth-order valence-corrected chi connectivity index (χ4v) is 28.6. The minimum atomic E-state index is -0.536. The van der Waals surface area contributed by atoms with Crippen LogP contribution in [0.25, 0.3) is 32.3 Å². The van der Waals surface area contributed by atoms with Crippen molar-refractivity contribution in [2.45, 2.75) is 105 Å². The lowest BCUT2D eigenvalue weighted by Gasteiger charge is -2.41. The van der Waals surface area contributed by atoms with E-state index in [0.29, 0.717) is 118 Å². The predicted octanol–water partition coefficient (Wildman–Crippen LogP) is 18.0. The van der Waals surface area contributed by atoms with Crippen LogP contribution in [-0.2, 0) is 94.0 Å². The van der Waals surface area contributed by atoms with Crippen molar-refractivity contribution in [3.05, 3.63) is 276 Å². The van der Waals surface area contributed by atoms with Crippen LogP contribution in [-0.4, -0.2) is 175 Å². The van der Waals surface area contributed by atoms with Crippen molar-refractivity contribution in [2.24, 2.45) is 5.73 Å². The number of hydrogen-bond acceptors (Lipinski definition) is 22. The number of amides is 7. The number of aromatic nitrogens is 3.